The van der Waals surface area contributed by atoms with Crippen molar-refractivity contribution in [1.29, 1.82) is 0 Å². The molecule has 0 radical (unpaired) electrons. The molecule has 1 N–H and O–H groups in total. The maximum Gasteiger partial charge on any atom is 0.307 e. The molecule has 0 aromatic rings. The van der Waals surface area contributed by atoms with Crippen molar-refractivity contribution < 1.29 is 23.5 Å². The van der Waals surface area contributed by atoms with Crippen LogP contribution in [0.4, 0.5) is 8.78 Å². The Morgan fingerprint density at radius 3 is 2.40 bits per heavy atom. The van der Waals surface area contributed by atoms with Crippen molar-refractivity contribution in [1.82, 2.24) is 4.90 Å². The Morgan fingerprint density at radius 1 is 1.33 bits per heavy atom. The number of hydrogen-bond acceptors (Lipinski definition) is 2. The molecule has 0 aromatic carbocycles. The SMILES string of the molecule is O=C(O)[C@@H]1C[C@@H]1C(=O)N1CCC(F)(F)C1. The standard InChI is InChI=1S/C9H11F2NO3/c10-9(11)1-2-12(4-9)7(13)5-3-6(5)8(14)15/h5-6H,1-4H2,(H,14,15)/t5-,6+/m0/s1. The zero-order valence-electron chi connectivity index (χ0n) is 7.95. The van der Waals surface area contributed by atoms with Crippen molar-refractivity contribution in [2.75, 3.05) is 13.1 Å². The number of alkyl halides is 2. The van der Waals surface area contributed by atoms with Gasteiger partial charge in [0.2, 0.25) is 5.91 Å². The Hall–Kier alpha value is -1.20. The Bertz CT molecular complexity index is 318. The van der Waals surface area contributed by atoms with Gasteiger partial charge in [-0.25, -0.2) is 8.78 Å². The summed E-state index contributed by atoms with van der Waals surface area (Å²) in [5.74, 6) is -5.48. The second kappa shape index (κ2) is 3.15. The molecule has 0 spiro atoms. The summed E-state index contributed by atoms with van der Waals surface area (Å²) in [6, 6.07) is 0. The Kier molecular flexibility index (Phi) is 2.17. The third-order valence-corrected chi connectivity index (χ3v) is 2.91. The molecule has 1 saturated carbocycles. The van der Waals surface area contributed by atoms with Crippen LogP contribution >= 0.6 is 0 Å². The van der Waals surface area contributed by atoms with E-state index in [0.717, 1.165) is 4.90 Å². The lowest BCUT2D eigenvalue weighted by Crippen LogP contribution is -2.33. The summed E-state index contributed by atoms with van der Waals surface area (Å²) in [6.07, 6.45) is -0.0283. The van der Waals surface area contributed by atoms with Crippen LogP contribution in [0.5, 0.6) is 0 Å². The van der Waals surface area contributed by atoms with Crippen LogP contribution < -0.4 is 0 Å². The van der Waals surface area contributed by atoms with E-state index in [1.165, 1.54) is 0 Å². The van der Waals surface area contributed by atoms with E-state index in [-0.39, 0.29) is 19.4 Å². The second-order valence-corrected chi connectivity index (χ2v) is 4.15. The fraction of sp³-hybridized carbons (Fsp3) is 0.778. The third-order valence-electron chi connectivity index (χ3n) is 2.91. The van der Waals surface area contributed by atoms with Gasteiger partial charge in [0.1, 0.15) is 0 Å². The van der Waals surface area contributed by atoms with Crippen LogP contribution in [-0.4, -0.2) is 40.9 Å². The molecule has 1 saturated heterocycles. The Labute approximate surface area is 84.9 Å². The highest BCUT2D eigenvalue weighted by Gasteiger charge is 2.52. The minimum atomic E-state index is -2.80. The first-order valence-electron chi connectivity index (χ1n) is 4.80. The van der Waals surface area contributed by atoms with E-state index in [1.54, 1.807) is 0 Å². The first-order valence-corrected chi connectivity index (χ1v) is 4.80. The number of carbonyl (C=O) groups excluding carboxylic acids is 1. The number of amides is 1. The van der Waals surface area contributed by atoms with Gasteiger partial charge in [0.25, 0.3) is 5.92 Å². The van der Waals surface area contributed by atoms with E-state index < -0.39 is 36.2 Å². The number of nitrogens with zero attached hydrogens (tertiary/aromatic N) is 1. The largest absolute Gasteiger partial charge is 0.481 e. The molecule has 1 heterocycles. The molecule has 0 bridgehead atoms. The predicted octanol–water partition coefficient (Wildman–Crippen LogP) is 0.575. The van der Waals surface area contributed by atoms with Crippen molar-refractivity contribution in [3.05, 3.63) is 0 Å². The maximum absolute atomic E-state index is 12.8. The van der Waals surface area contributed by atoms with Gasteiger partial charge in [-0.3, -0.25) is 9.59 Å². The highest BCUT2D eigenvalue weighted by atomic mass is 19.3. The number of halogens is 2. The predicted molar refractivity (Wildman–Crippen MR) is 45.4 cm³/mol. The van der Waals surface area contributed by atoms with Gasteiger partial charge in [-0.15, -0.1) is 0 Å². The number of hydrogen-bond donors (Lipinski definition) is 1. The molecule has 2 fully saturated rings. The van der Waals surface area contributed by atoms with Crippen molar-refractivity contribution in [2.45, 2.75) is 18.8 Å². The highest BCUT2D eigenvalue weighted by molar-refractivity contribution is 5.89. The molecule has 2 aliphatic rings. The average Bonchev–Trinajstić information content (AvgIpc) is 2.84. The second-order valence-electron chi connectivity index (χ2n) is 4.15. The number of likely N-dealkylation sites (tertiary alicyclic amines) is 1. The summed E-state index contributed by atoms with van der Waals surface area (Å²) in [6.45, 7) is -0.524. The number of aliphatic carboxylic acids is 1. The highest BCUT2D eigenvalue weighted by Crippen LogP contribution is 2.41. The molecule has 84 valence electrons. The quantitative estimate of drug-likeness (QED) is 0.738. The van der Waals surface area contributed by atoms with E-state index in [1.807, 2.05) is 0 Å². The normalized spacial score (nSPS) is 32.8. The maximum atomic E-state index is 12.8. The van der Waals surface area contributed by atoms with Crippen molar-refractivity contribution in [2.24, 2.45) is 11.8 Å². The molecular weight excluding hydrogens is 208 g/mol. The van der Waals surface area contributed by atoms with Gasteiger partial charge in [0.15, 0.2) is 0 Å². The zero-order valence-corrected chi connectivity index (χ0v) is 7.95. The van der Waals surface area contributed by atoms with Crippen LogP contribution in [0.15, 0.2) is 0 Å². The third kappa shape index (κ3) is 1.93. The molecule has 1 aliphatic heterocycles. The average molecular weight is 219 g/mol. The van der Waals surface area contributed by atoms with E-state index in [2.05, 4.69) is 0 Å². The lowest BCUT2D eigenvalue weighted by Gasteiger charge is -2.15. The molecule has 2 rings (SSSR count). The first-order chi connectivity index (χ1) is 6.91. The molecule has 1 amide bonds. The van der Waals surface area contributed by atoms with Crippen molar-refractivity contribution in [3.8, 4) is 0 Å². The summed E-state index contributed by atoms with van der Waals surface area (Å²) in [5.41, 5.74) is 0. The van der Waals surface area contributed by atoms with Gasteiger partial charge in [-0.1, -0.05) is 0 Å². The topological polar surface area (TPSA) is 57.6 Å². The van der Waals surface area contributed by atoms with Gasteiger partial charge in [0.05, 0.1) is 18.4 Å². The molecule has 0 unspecified atom stereocenters. The van der Waals surface area contributed by atoms with Crippen LogP contribution in [0, 0.1) is 11.8 Å². The summed E-state index contributed by atoms with van der Waals surface area (Å²) in [4.78, 5) is 23.1. The number of rotatable bonds is 2. The lowest BCUT2D eigenvalue weighted by atomic mass is 10.3. The smallest absolute Gasteiger partial charge is 0.307 e. The number of carbonyl (C=O) groups is 2. The van der Waals surface area contributed by atoms with Crippen LogP contribution in [0.1, 0.15) is 12.8 Å². The van der Waals surface area contributed by atoms with Crippen LogP contribution in [0.3, 0.4) is 0 Å². The fourth-order valence-electron chi connectivity index (χ4n) is 1.90. The summed E-state index contributed by atoms with van der Waals surface area (Å²) < 4.78 is 25.6. The van der Waals surface area contributed by atoms with E-state index in [4.69, 9.17) is 5.11 Å². The van der Waals surface area contributed by atoms with Crippen molar-refractivity contribution in [3.63, 3.8) is 0 Å². The molecular formula is C9H11F2NO3. The number of carboxylic acid groups (broad SMARTS) is 1. The monoisotopic (exact) mass is 219 g/mol. The van der Waals surface area contributed by atoms with Gasteiger partial charge in [-0.2, -0.15) is 0 Å². The van der Waals surface area contributed by atoms with E-state index >= 15 is 0 Å². The Balaban J connectivity index is 1.92. The summed E-state index contributed by atoms with van der Waals surface area (Å²) in [5, 5.41) is 8.60. The fourth-order valence-corrected chi connectivity index (χ4v) is 1.90. The minimum Gasteiger partial charge on any atom is -0.481 e. The summed E-state index contributed by atoms with van der Waals surface area (Å²) >= 11 is 0. The van der Waals surface area contributed by atoms with E-state index in [9.17, 15) is 18.4 Å². The number of carboxylic acids is 1. The lowest BCUT2D eigenvalue weighted by molar-refractivity contribution is -0.142. The van der Waals surface area contributed by atoms with Crippen molar-refractivity contribution >= 4 is 11.9 Å². The molecule has 2 atom stereocenters. The van der Waals surface area contributed by atoms with Gasteiger partial charge in [-0.05, 0) is 6.42 Å². The molecule has 4 nitrogen and oxygen atoms in total. The molecule has 1 aliphatic carbocycles. The first kappa shape index (κ1) is 10.3. The van der Waals surface area contributed by atoms with Gasteiger partial charge in [0, 0.05) is 13.0 Å². The van der Waals surface area contributed by atoms with Gasteiger partial charge >= 0.3 is 5.97 Å². The molecule has 6 heteroatoms. The van der Waals surface area contributed by atoms with Crippen LogP contribution in [0.25, 0.3) is 0 Å². The zero-order chi connectivity index (χ0) is 11.2. The summed E-state index contributed by atoms with van der Waals surface area (Å²) in [7, 11) is 0. The minimum absolute atomic E-state index is 0.0364. The molecule has 15 heavy (non-hydrogen) atoms. The van der Waals surface area contributed by atoms with Crippen LogP contribution in [0.2, 0.25) is 0 Å². The van der Waals surface area contributed by atoms with Crippen LogP contribution in [-0.2, 0) is 9.59 Å². The van der Waals surface area contributed by atoms with Gasteiger partial charge < -0.3 is 10.0 Å². The Morgan fingerprint density at radius 2 is 2.00 bits per heavy atom. The van der Waals surface area contributed by atoms with E-state index in [0.29, 0.717) is 0 Å². The molecule has 0 aromatic heterocycles.